The number of anilines is 1. The molecule has 5 heteroatoms. The van der Waals surface area contributed by atoms with Crippen molar-refractivity contribution in [3.8, 4) is 6.07 Å². The monoisotopic (exact) mass is 322 g/mol. The van der Waals surface area contributed by atoms with E-state index >= 15 is 0 Å². The highest BCUT2D eigenvalue weighted by Crippen LogP contribution is 2.21. The summed E-state index contributed by atoms with van der Waals surface area (Å²) in [4.78, 5) is 23.9. The van der Waals surface area contributed by atoms with Gasteiger partial charge in [-0.3, -0.25) is 4.79 Å². The maximum absolute atomic E-state index is 12.0. The molecular weight excluding hydrogens is 304 g/mol. The zero-order valence-corrected chi connectivity index (χ0v) is 13.8. The Hall–Kier alpha value is -3.13. The molecule has 0 atom stereocenters. The number of hydrogen-bond acceptors (Lipinski definition) is 4. The summed E-state index contributed by atoms with van der Waals surface area (Å²) in [5.41, 5.74) is 4.52. The first-order chi connectivity index (χ1) is 11.4. The first kappa shape index (κ1) is 17.2. The minimum absolute atomic E-state index is 0.296. The molecule has 1 amide bonds. The van der Waals surface area contributed by atoms with Gasteiger partial charge in [0.15, 0.2) is 6.61 Å². The van der Waals surface area contributed by atoms with Crippen molar-refractivity contribution in [1.82, 2.24) is 0 Å². The summed E-state index contributed by atoms with van der Waals surface area (Å²) < 4.78 is 5.01. The van der Waals surface area contributed by atoms with Crippen LogP contribution in [0.5, 0.6) is 0 Å². The zero-order valence-electron chi connectivity index (χ0n) is 13.8. The molecule has 5 nitrogen and oxygen atoms in total. The summed E-state index contributed by atoms with van der Waals surface area (Å²) in [6, 6.07) is 12.0. The molecule has 0 saturated heterocycles. The average molecular weight is 322 g/mol. The second-order valence-electron chi connectivity index (χ2n) is 5.59. The van der Waals surface area contributed by atoms with Gasteiger partial charge in [0, 0.05) is 5.69 Å². The van der Waals surface area contributed by atoms with E-state index in [4.69, 9.17) is 10.00 Å². The number of benzene rings is 2. The number of ether oxygens (including phenoxy) is 1. The quantitative estimate of drug-likeness (QED) is 0.876. The smallest absolute Gasteiger partial charge is 0.338 e. The van der Waals surface area contributed by atoms with Gasteiger partial charge < -0.3 is 10.1 Å². The molecule has 0 heterocycles. The number of carbonyl (C=O) groups excluding carboxylic acids is 2. The van der Waals surface area contributed by atoms with Crippen molar-refractivity contribution in [2.45, 2.75) is 20.8 Å². The topological polar surface area (TPSA) is 79.2 Å². The van der Waals surface area contributed by atoms with Gasteiger partial charge in [-0.15, -0.1) is 0 Å². The summed E-state index contributed by atoms with van der Waals surface area (Å²) in [5, 5.41) is 11.5. The van der Waals surface area contributed by atoms with E-state index in [1.807, 2.05) is 39.0 Å². The van der Waals surface area contributed by atoms with Crippen molar-refractivity contribution < 1.29 is 14.3 Å². The number of amides is 1. The lowest BCUT2D eigenvalue weighted by molar-refractivity contribution is -0.119. The standard InChI is InChI=1S/C19H18N2O3/c1-12-8-13(2)18(14(3)9-12)21-17(22)11-24-19(23)16-6-4-15(10-20)5-7-16/h4-9H,11H2,1-3H3,(H,21,22). The minimum Gasteiger partial charge on any atom is -0.452 e. The Kier molecular flexibility index (Phi) is 5.33. The molecule has 0 aliphatic heterocycles. The molecule has 0 aliphatic carbocycles. The van der Waals surface area contributed by atoms with Crippen molar-refractivity contribution >= 4 is 17.6 Å². The highest BCUT2D eigenvalue weighted by Gasteiger charge is 2.12. The summed E-state index contributed by atoms with van der Waals surface area (Å²) in [7, 11) is 0. The van der Waals surface area contributed by atoms with Crippen LogP contribution in [-0.2, 0) is 9.53 Å². The van der Waals surface area contributed by atoms with Crippen LogP contribution in [-0.4, -0.2) is 18.5 Å². The number of nitrogens with zero attached hydrogens (tertiary/aromatic N) is 1. The van der Waals surface area contributed by atoms with Gasteiger partial charge in [0.2, 0.25) is 0 Å². The van der Waals surface area contributed by atoms with E-state index in [-0.39, 0.29) is 6.61 Å². The molecule has 0 aromatic heterocycles. The van der Waals surface area contributed by atoms with Gasteiger partial charge in [0.05, 0.1) is 17.2 Å². The first-order valence-corrected chi connectivity index (χ1v) is 7.45. The van der Waals surface area contributed by atoms with E-state index in [1.165, 1.54) is 24.3 Å². The van der Waals surface area contributed by atoms with Crippen molar-refractivity contribution in [2.75, 3.05) is 11.9 Å². The first-order valence-electron chi connectivity index (χ1n) is 7.45. The molecule has 0 aliphatic rings. The predicted octanol–water partition coefficient (Wildman–Crippen LogP) is 3.28. The highest BCUT2D eigenvalue weighted by atomic mass is 16.5. The van der Waals surface area contributed by atoms with Gasteiger partial charge in [-0.05, 0) is 56.2 Å². The molecule has 2 aromatic carbocycles. The molecule has 0 spiro atoms. The third-order valence-electron chi connectivity index (χ3n) is 3.53. The second-order valence-corrected chi connectivity index (χ2v) is 5.59. The third kappa shape index (κ3) is 4.20. The van der Waals surface area contributed by atoms with Crippen LogP contribution < -0.4 is 5.32 Å². The van der Waals surface area contributed by atoms with E-state index < -0.39 is 11.9 Å². The molecule has 0 bridgehead atoms. The fourth-order valence-corrected chi connectivity index (χ4v) is 2.45. The number of carbonyl (C=O) groups is 2. The number of nitriles is 1. The SMILES string of the molecule is Cc1cc(C)c(NC(=O)COC(=O)c2ccc(C#N)cc2)c(C)c1. The highest BCUT2D eigenvalue weighted by molar-refractivity contribution is 5.96. The Morgan fingerprint density at radius 1 is 1.08 bits per heavy atom. The number of rotatable bonds is 4. The van der Waals surface area contributed by atoms with Gasteiger partial charge in [0.25, 0.3) is 5.91 Å². The minimum atomic E-state index is -0.605. The molecule has 0 fully saturated rings. The number of hydrogen-bond donors (Lipinski definition) is 1. The predicted molar refractivity (Wildman–Crippen MR) is 90.7 cm³/mol. The molecule has 0 radical (unpaired) electrons. The van der Waals surface area contributed by atoms with Gasteiger partial charge in [-0.25, -0.2) is 4.79 Å². The lowest BCUT2D eigenvalue weighted by Crippen LogP contribution is -2.22. The number of aryl methyl sites for hydroxylation is 3. The summed E-state index contributed by atoms with van der Waals surface area (Å²) in [5.74, 6) is -1.00. The Morgan fingerprint density at radius 3 is 2.21 bits per heavy atom. The molecule has 0 unspecified atom stereocenters. The van der Waals surface area contributed by atoms with Crippen molar-refractivity contribution in [3.05, 3.63) is 64.2 Å². The van der Waals surface area contributed by atoms with Crippen LogP contribution in [0.2, 0.25) is 0 Å². The van der Waals surface area contributed by atoms with Crippen molar-refractivity contribution in [3.63, 3.8) is 0 Å². The Balaban J connectivity index is 1.96. The number of esters is 1. The van der Waals surface area contributed by atoms with Crippen LogP contribution in [0.1, 0.15) is 32.6 Å². The Bertz CT molecular complexity index is 794. The third-order valence-corrected chi connectivity index (χ3v) is 3.53. The molecule has 2 aromatic rings. The van der Waals surface area contributed by atoms with Crippen LogP contribution in [0.3, 0.4) is 0 Å². The lowest BCUT2D eigenvalue weighted by Gasteiger charge is -2.13. The summed E-state index contributed by atoms with van der Waals surface area (Å²) in [6.07, 6.45) is 0. The van der Waals surface area contributed by atoms with Crippen molar-refractivity contribution in [1.29, 1.82) is 5.26 Å². The van der Waals surface area contributed by atoms with E-state index in [2.05, 4.69) is 5.32 Å². The molecule has 1 N–H and O–H groups in total. The summed E-state index contributed by atoms with van der Waals surface area (Å²) >= 11 is 0. The van der Waals surface area contributed by atoms with E-state index in [9.17, 15) is 9.59 Å². The normalized spacial score (nSPS) is 9.92. The van der Waals surface area contributed by atoms with E-state index in [1.54, 1.807) is 0 Å². The van der Waals surface area contributed by atoms with Crippen LogP contribution in [0.25, 0.3) is 0 Å². The molecule has 0 saturated carbocycles. The lowest BCUT2D eigenvalue weighted by atomic mass is 10.1. The fourth-order valence-electron chi connectivity index (χ4n) is 2.45. The van der Waals surface area contributed by atoms with Crippen LogP contribution >= 0.6 is 0 Å². The fraction of sp³-hybridized carbons (Fsp3) is 0.211. The van der Waals surface area contributed by atoms with Gasteiger partial charge in [-0.1, -0.05) is 17.7 Å². The maximum Gasteiger partial charge on any atom is 0.338 e. The van der Waals surface area contributed by atoms with Gasteiger partial charge in [0.1, 0.15) is 0 Å². The van der Waals surface area contributed by atoms with Crippen LogP contribution in [0.4, 0.5) is 5.69 Å². The largest absolute Gasteiger partial charge is 0.452 e. The van der Waals surface area contributed by atoms with E-state index in [0.29, 0.717) is 11.1 Å². The van der Waals surface area contributed by atoms with Gasteiger partial charge in [-0.2, -0.15) is 5.26 Å². The summed E-state index contributed by atoms with van der Waals surface area (Å²) in [6.45, 7) is 5.45. The average Bonchev–Trinajstić information content (AvgIpc) is 2.56. The second kappa shape index (κ2) is 7.42. The molecule has 2 rings (SSSR count). The van der Waals surface area contributed by atoms with Gasteiger partial charge >= 0.3 is 5.97 Å². The van der Waals surface area contributed by atoms with E-state index in [0.717, 1.165) is 22.4 Å². The molecule has 24 heavy (non-hydrogen) atoms. The molecular formula is C19H18N2O3. The van der Waals surface area contributed by atoms with Crippen LogP contribution in [0.15, 0.2) is 36.4 Å². The maximum atomic E-state index is 12.0. The zero-order chi connectivity index (χ0) is 17.7. The van der Waals surface area contributed by atoms with Crippen molar-refractivity contribution in [2.24, 2.45) is 0 Å². The Morgan fingerprint density at radius 2 is 1.67 bits per heavy atom. The number of nitrogens with one attached hydrogen (secondary N) is 1. The van der Waals surface area contributed by atoms with Crippen LogP contribution in [0, 0.1) is 32.1 Å². The molecule has 122 valence electrons. The Labute approximate surface area is 140 Å².